The Hall–Kier alpha value is -1.04. The van der Waals surface area contributed by atoms with E-state index in [0.717, 1.165) is 12.8 Å². The number of nitrogens with one attached hydrogen (secondary N) is 2. The fourth-order valence-corrected chi connectivity index (χ4v) is 2.34. The van der Waals surface area contributed by atoms with Crippen LogP contribution in [0.4, 0.5) is 13.2 Å². The molecule has 2 N–H and O–H groups in total. The Bertz CT molecular complexity index is 339. The fraction of sp³-hybridized carbons (Fsp3) is 0.769. The van der Waals surface area contributed by atoms with Gasteiger partial charge in [-0.3, -0.25) is 4.79 Å². The molecule has 1 aliphatic rings. The molecule has 0 radical (unpaired) electrons. The van der Waals surface area contributed by atoms with Gasteiger partial charge in [-0.25, -0.2) is 0 Å². The third-order valence-corrected chi connectivity index (χ3v) is 3.50. The van der Waals surface area contributed by atoms with Gasteiger partial charge in [-0.1, -0.05) is 18.6 Å². The number of carbonyl (C=O) groups is 1. The summed E-state index contributed by atoms with van der Waals surface area (Å²) in [4.78, 5) is 11.2. The van der Waals surface area contributed by atoms with Crippen LogP contribution in [0, 0.1) is 11.8 Å². The van der Waals surface area contributed by atoms with Crippen LogP contribution in [0.1, 0.15) is 26.7 Å². The Labute approximate surface area is 111 Å². The monoisotopic (exact) mass is 278 g/mol. The number of alkyl halides is 3. The lowest BCUT2D eigenvalue weighted by Crippen LogP contribution is -2.41. The molecule has 0 fully saturated rings. The minimum atomic E-state index is -4.35. The van der Waals surface area contributed by atoms with E-state index in [4.69, 9.17) is 0 Å². The summed E-state index contributed by atoms with van der Waals surface area (Å²) in [6.07, 6.45) is 0.0302. The van der Waals surface area contributed by atoms with Gasteiger partial charge in [0.2, 0.25) is 5.91 Å². The van der Waals surface area contributed by atoms with Crippen LogP contribution in [-0.4, -0.2) is 31.7 Å². The molecule has 19 heavy (non-hydrogen) atoms. The predicted octanol–water partition coefficient (Wildman–Crippen LogP) is 2.25. The number of hydrogen-bond donors (Lipinski definition) is 2. The Morgan fingerprint density at radius 1 is 1.47 bits per heavy atom. The van der Waals surface area contributed by atoms with Crippen molar-refractivity contribution in [2.24, 2.45) is 11.8 Å². The number of rotatable bonds is 5. The van der Waals surface area contributed by atoms with E-state index in [1.54, 1.807) is 0 Å². The summed E-state index contributed by atoms with van der Waals surface area (Å²) in [5, 5.41) is 4.77. The van der Waals surface area contributed by atoms with Crippen LogP contribution in [0.3, 0.4) is 0 Å². The summed E-state index contributed by atoms with van der Waals surface area (Å²) in [5.41, 5.74) is 1.29. The first-order chi connectivity index (χ1) is 8.79. The smallest absolute Gasteiger partial charge is 0.346 e. The van der Waals surface area contributed by atoms with E-state index in [2.05, 4.69) is 25.2 Å². The fourth-order valence-electron chi connectivity index (χ4n) is 2.34. The molecule has 1 amide bonds. The van der Waals surface area contributed by atoms with Crippen molar-refractivity contribution in [1.29, 1.82) is 0 Å². The van der Waals surface area contributed by atoms with Gasteiger partial charge in [-0.15, -0.1) is 0 Å². The third-order valence-electron chi connectivity index (χ3n) is 3.50. The zero-order valence-electron chi connectivity index (χ0n) is 11.3. The molecule has 0 bridgehead atoms. The second-order valence-corrected chi connectivity index (χ2v) is 5.13. The van der Waals surface area contributed by atoms with Crippen molar-refractivity contribution in [2.75, 3.05) is 19.6 Å². The Morgan fingerprint density at radius 3 is 2.74 bits per heavy atom. The van der Waals surface area contributed by atoms with Gasteiger partial charge in [-0.2, -0.15) is 13.2 Å². The van der Waals surface area contributed by atoms with Crippen molar-refractivity contribution in [3.8, 4) is 0 Å². The van der Waals surface area contributed by atoms with E-state index in [0.29, 0.717) is 18.4 Å². The highest BCUT2D eigenvalue weighted by Gasteiger charge is 2.27. The molecule has 6 heteroatoms. The van der Waals surface area contributed by atoms with E-state index in [1.165, 1.54) is 5.57 Å². The van der Waals surface area contributed by atoms with Crippen LogP contribution in [0.2, 0.25) is 0 Å². The third kappa shape index (κ3) is 6.09. The molecule has 0 heterocycles. The Balaban J connectivity index is 2.24. The van der Waals surface area contributed by atoms with Crippen LogP contribution in [0.15, 0.2) is 11.6 Å². The summed E-state index contributed by atoms with van der Waals surface area (Å²) >= 11 is 0. The minimum Gasteiger partial charge on any atom is -0.346 e. The van der Waals surface area contributed by atoms with E-state index in [9.17, 15) is 18.0 Å². The largest absolute Gasteiger partial charge is 0.405 e. The van der Waals surface area contributed by atoms with Gasteiger partial charge < -0.3 is 10.6 Å². The van der Waals surface area contributed by atoms with Gasteiger partial charge >= 0.3 is 6.18 Å². The maximum atomic E-state index is 11.9. The average Bonchev–Trinajstić information content (AvgIpc) is 2.29. The Kier molecular flexibility index (Phi) is 5.85. The average molecular weight is 278 g/mol. The van der Waals surface area contributed by atoms with Crippen LogP contribution in [0.25, 0.3) is 0 Å². The van der Waals surface area contributed by atoms with Gasteiger partial charge in [0.05, 0.1) is 6.54 Å². The summed E-state index contributed by atoms with van der Waals surface area (Å²) in [6.45, 7) is 3.50. The van der Waals surface area contributed by atoms with Crippen molar-refractivity contribution < 1.29 is 18.0 Å². The summed E-state index contributed by atoms with van der Waals surface area (Å²) in [5.74, 6) is 0.280. The Morgan fingerprint density at radius 2 is 2.16 bits per heavy atom. The lowest BCUT2D eigenvalue weighted by Gasteiger charge is -2.28. The highest BCUT2D eigenvalue weighted by Crippen LogP contribution is 2.29. The quantitative estimate of drug-likeness (QED) is 0.757. The lowest BCUT2D eigenvalue weighted by atomic mass is 9.80. The topological polar surface area (TPSA) is 41.1 Å². The molecule has 1 rings (SSSR count). The second kappa shape index (κ2) is 6.93. The molecule has 0 spiro atoms. The highest BCUT2D eigenvalue weighted by molar-refractivity contribution is 5.78. The molecule has 0 aliphatic heterocycles. The van der Waals surface area contributed by atoms with Crippen molar-refractivity contribution >= 4 is 5.91 Å². The molecule has 1 aliphatic carbocycles. The van der Waals surface area contributed by atoms with E-state index < -0.39 is 18.6 Å². The molecular weight excluding hydrogens is 257 g/mol. The van der Waals surface area contributed by atoms with Crippen LogP contribution >= 0.6 is 0 Å². The number of halogens is 3. The molecule has 0 saturated carbocycles. The summed E-state index contributed by atoms with van der Waals surface area (Å²) in [7, 11) is 0. The number of hydrogen-bond acceptors (Lipinski definition) is 2. The van der Waals surface area contributed by atoms with Crippen molar-refractivity contribution in [3.05, 3.63) is 11.6 Å². The molecule has 0 aromatic rings. The van der Waals surface area contributed by atoms with Gasteiger partial charge in [0.15, 0.2) is 0 Å². The maximum absolute atomic E-state index is 11.9. The molecule has 2 unspecified atom stereocenters. The van der Waals surface area contributed by atoms with Crippen LogP contribution < -0.4 is 10.6 Å². The van der Waals surface area contributed by atoms with Gasteiger partial charge in [0.25, 0.3) is 0 Å². The molecule has 110 valence electrons. The zero-order chi connectivity index (χ0) is 14.5. The SMILES string of the molecule is CC1=CCCC(C)C1CNCC(=O)NCC(F)(F)F. The maximum Gasteiger partial charge on any atom is 0.405 e. The van der Waals surface area contributed by atoms with Gasteiger partial charge in [0.1, 0.15) is 6.54 Å². The summed E-state index contributed by atoms with van der Waals surface area (Å²) < 4.78 is 35.7. The van der Waals surface area contributed by atoms with Crippen molar-refractivity contribution in [3.63, 3.8) is 0 Å². The van der Waals surface area contributed by atoms with E-state index in [-0.39, 0.29) is 6.54 Å². The minimum absolute atomic E-state index is 0.0768. The normalized spacial score (nSPS) is 23.9. The standard InChI is InChI=1S/C13H21F3N2O/c1-9-4-3-5-10(2)11(9)6-17-7-12(19)18-8-13(14,15)16/h4,10-11,17H,3,5-8H2,1-2H3,(H,18,19). The second-order valence-electron chi connectivity index (χ2n) is 5.13. The van der Waals surface area contributed by atoms with E-state index in [1.807, 2.05) is 5.32 Å². The van der Waals surface area contributed by atoms with Gasteiger partial charge in [-0.05, 0) is 31.6 Å². The first-order valence-corrected chi connectivity index (χ1v) is 6.50. The molecule has 3 nitrogen and oxygen atoms in total. The van der Waals surface area contributed by atoms with Gasteiger partial charge in [0, 0.05) is 6.54 Å². The highest BCUT2D eigenvalue weighted by atomic mass is 19.4. The predicted molar refractivity (Wildman–Crippen MR) is 67.6 cm³/mol. The molecular formula is C13H21F3N2O. The van der Waals surface area contributed by atoms with Crippen LogP contribution in [-0.2, 0) is 4.79 Å². The number of amides is 1. The summed E-state index contributed by atoms with van der Waals surface area (Å²) in [6, 6.07) is 0. The first-order valence-electron chi connectivity index (χ1n) is 6.50. The first kappa shape index (κ1) is 16.0. The molecule has 0 aromatic carbocycles. The van der Waals surface area contributed by atoms with Crippen molar-refractivity contribution in [2.45, 2.75) is 32.9 Å². The van der Waals surface area contributed by atoms with E-state index >= 15 is 0 Å². The molecule has 0 aromatic heterocycles. The molecule has 2 atom stereocenters. The number of carbonyl (C=O) groups excluding carboxylic acids is 1. The lowest BCUT2D eigenvalue weighted by molar-refractivity contribution is -0.137. The number of allylic oxidation sites excluding steroid dienone is 1. The molecule has 0 saturated heterocycles. The van der Waals surface area contributed by atoms with Crippen LogP contribution in [0.5, 0.6) is 0 Å². The zero-order valence-corrected chi connectivity index (χ0v) is 11.3. The van der Waals surface area contributed by atoms with Crippen molar-refractivity contribution in [1.82, 2.24) is 10.6 Å².